The molecule has 0 spiro atoms. The Balaban J connectivity index is 0.889. The lowest BCUT2D eigenvalue weighted by Gasteiger charge is -2.29. The first-order valence-corrected chi connectivity index (χ1v) is 32.4. The fraction of sp³-hybridized carbons (Fsp3) is 0. The first-order chi connectivity index (χ1) is 46.7. The lowest BCUT2D eigenvalue weighted by Crippen LogP contribution is -2.11. The number of benzene rings is 15. The molecule has 0 saturated carbocycles. The number of hydrogen-bond acceptors (Lipinski definition) is 2. The number of aromatic nitrogens is 2. The van der Waals surface area contributed by atoms with E-state index in [1.54, 1.807) is 0 Å². The molecule has 4 nitrogen and oxygen atoms in total. The summed E-state index contributed by atoms with van der Waals surface area (Å²) in [6.45, 7) is 0. The van der Waals surface area contributed by atoms with Crippen LogP contribution in [-0.2, 0) is 0 Å². The van der Waals surface area contributed by atoms with E-state index in [1.807, 2.05) is 0 Å². The van der Waals surface area contributed by atoms with Crippen LogP contribution in [0.25, 0.3) is 143 Å². The van der Waals surface area contributed by atoms with E-state index in [4.69, 9.17) is 0 Å². The van der Waals surface area contributed by atoms with Gasteiger partial charge in [-0.3, -0.25) is 0 Å². The molecule has 4 heterocycles. The number of fused-ring (bicyclic) bond motifs is 12. The maximum absolute atomic E-state index is 2.62. The minimum Gasteiger partial charge on any atom is -0.310 e. The highest BCUT2D eigenvalue weighted by atomic mass is 15.2. The van der Waals surface area contributed by atoms with Gasteiger partial charge in [-0.15, -0.1) is 0 Å². The van der Waals surface area contributed by atoms with E-state index >= 15 is 0 Å². The molecule has 94 heavy (non-hydrogen) atoms. The van der Waals surface area contributed by atoms with E-state index in [0.29, 0.717) is 0 Å². The monoisotopic (exact) mass is 1190 g/mol. The summed E-state index contributed by atoms with van der Waals surface area (Å²) >= 11 is 0. The standard InChI is InChI=1S/C90H58N4/c1-9-27-59(28-10-1)65-47-51-71(61-31-13-3-14-32-61)81(55-65)91(67-39-21-7-22-40-67)69-49-53-79-77(57-69)73-43-25-45-75-85-84(64-37-19-6-20-38-64)90-86(83(63-35-17-5-18-36-63)89(85)93(79)87(73)75)76-46-26-44-74-78-58-70(50-54-80(78)94(90)88(74)76)92(68-41-23-8-24-42-68)82-56-66(60-29-11-2-12-30-60)48-52-72(82)62-33-15-4-16-34-62/h1-58H. The summed E-state index contributed by atoms with van der Waals surface area (Å²) in [5.74, 6) is 0. The van der Waals surface area contributed by atoms with Crippen LogP contribution in [0.4, 0.5) is 34.1 Å². The molecule has 19 rings (SSSR count). The number of para-hydroxylation sites is 4. The molecule has 4 aromatic heterocycles. The molecule has 438 valence electrons. The largest absolute Gasteiger partial charge is 0.310 e. The molecular formula is C90H58N4. The van der Waals surface area contributed by atoms with Gasteiger partial charge < -0.3 is 18.6 Å². The summed E-state index contributed by atoms with van der Waals surface area (Å²) in [5.41, 5.74) is 27.8. The van der Waals surface area contributed by atoms with E-state index in [-0.39, 0.29) is 0 Å². The third-order valence-electron chi connectivity index (χ3n) is 19.5. The highest BCUT2D eigenvalue weighted by Crippen LogP contribution is 2.56. The van der Waals surface area contributed by atoms with Crippen LogP contribution < -0.4 is 9.80 Å². The van der Waals surface area contributed by atoms with Crippen LogP contribution in [0.5, 0.6) is 0 Å². The maximum atomic E-state index is 2.62. The van der Waals surface area contributed by atoms with Crippen molar-refractivity contribution in [2.75, 3.05) is 9.80 Å². The van der Waals surface area contributed by atoms with Gasteiger partial charge >= 0.3 is 0 Å². The van der Waals surface area contributed by atoms with Gasteiger partial charge in [0, 0.05) is 88.1 Å². The predicted molar refractivity (Wildman–Crippen MR) is 398 cm³/mol. The lowest BCUT2D eigenvalue weighted by atomic mass is 9.89. The van der Waals surface area contributed by atoms with Crippen LogP contribution in [0.15, 0.2) is 352 Å². The van der Waals surface area contributed by atoms with Crippen molar-refractivity contribution in [2.24, 2.45) is 0 Å². The fourth-order valence-electron chi connectivity index (χ4n) is 15.5. The Hall–Kier alpha value is -12.5. The smallest absolute Gasteiger partial charge is 0.0634 e. The molecule has 0 aliphatic heterocycles. The molecule has 0 aliphatic rings. The molecule has 0 radical (unpaired) electrons. The van der Waals surface area contributed by atoms with Gasteiger partial charge in [-0.05, 0) is 117 Å². The average Bonchev–Trinajstić information content (AvgIpc) is 1.50. The quantitative estimate of drug-likeness (QED) is 0.121. The summed E-state index contributed by atoms with van der Waals surface area (Å²) in [6, 6.07) is 130. The van der Waals surface area contributed by atoms with Crippen LogP contribution in [0.1, 0.15) is 0 Å². The van der Waals surface area contributed by atoms with Crippen LogP contribution in [-0.4, -0.2) is 8.80 Å². The second kappa shape index (κ2) is 21.6. The highest BCUT2D eigenvalue weighted by molar-refractivity contribution is 6.38. The van der Waals surface area contributed by atoms with Crippen LogP contribution in [0.2, 0.25) is 0 Å². The molecule has 15 aromatic carbocycles. The summed E-state index contributed by atoms with van der Waals surface area (Å²) < 4.78 is 5.25. The molecule has 0 fully saturated rings. The molecule has 0 N–H and O–H groups in total. The van der Waals surface area contributed by atoms with Crippen molar-refractivity contribution in [3.05, 3.63) is 352 Å². The van der Waals surface area contributed by atoms with Crippen molar-refractivity contribution in [2.45, 2.75) is 0 Å². The topological polar surface area (TPSA) is 15.3 Å². The Morgan fingerprint density at radius 2 is 0.511 bits per heavy atom. The molecular weight excluding hydrogens is 1140 g/mol. The van der Waals surface area contributed by atoms with Crippen LogP contribution in [0, 0.1) is 0 Å². The van der Waals surface area contributed by atoms with Crippen molar-refractivity contribution >= 4 is 110 Å². The van der Waals surface area contributed by atoms with Crippen LogP contribution >= 0.6 is 0 Å². The zero-order chi connectivity index (χ0) is 61.8. The lowest BCUT2D eigenvalue weighted by molar-refractivity contribution is 1.28. The van der Waals surface area contributed by atoms with Gasteiger partial charge in [-0.1, -0.05) is 279 Å². The van der Waals surface area contributed by atoms with E-state index < -0.39 is 0 Å². The zero-order valence-corrected chi connectivity index (χ0v) is 51.3. The van der Waals surface area contributed by atoms with Crippen LogP contribution in [0.3, 0.4) is 0 Å². The van der Waals surface area contributed by atoms with E-state index in [1.165, 1.54) is 98.5 Å². The molecule has 19 aromatic rings. The maximum Gasteiger partial charge on any atom is 0.0634 e. The Morgan fingerprint density at radius 3 is 0.872 bits per heavy atom. The Labute approximate surface area is 544 Å². The van der Waals surface area contributed by atoms with Crippen molar-refractivity contribution < 1.29 is 0 Å². The first-order valence-electron chi connectivity index (χ1n) is 32.4. The minimum atomic E-state index is 1.08. The SMILES string of the molecule is c1ccc(-c2ccc(-c3ccccc3)c(N(c3ccccc3)c3ccc4c(c3)c3cccc5c6c(-c7ccccc7)c7c(c(-c8ccccc8)c6n4c35)c3cccc4c5cc(N(c6ccccc6)c6cc(-c8ccccc8)ccc6-c6ccccc6)ccc5n7c43)c2)cc1. The third kappa shape index (κ3) is 8.26. The number of anilines is 6. The second-order valence-corrected chi connectivity index (χ2v) is 24.7. The molecule has 0 saturated heterocycles. The zero-order valence-electron chi connectivity index (χ0n) is 51.3. The number of nitrogens with zero attached hydrogens (tertiary/aromatic N) is 4. The minimum absolute atomic E-state index is 1.08. The molecule has 0 amide bonds. The molecule has 0 aliphatic carbocycles. The predicted octanol–water partition coefficient (Wildman–Crippen LogP) is 24.9. The van der Waals surface area contributed by atoms with Crippen molar-refractivity contribution in [1.82, 2.24) is 8.80 Å². The Morgan fingerprint density at radius 1 is 0.191 bits per heavy atom. The number of hydrogen-bond donors (Lipinski definition) is 0. The molecule has 4 heteroatoms. The molecule has 0 bridgehead atoms. The van der Waals surface area contributed by atoms with Crippen molar-refractivity contribution in [3.63, 3.8) is 0 Å². The summed E-state index contributed by atoms with van der Waals surface area (Å²) in [6.07, 6.45) is 0. The van der Waals surface area contributed by atoms with Gasteiger partial charge in [-0.2, -0.15) is 0 Å². The summed E-state index contributed by atoms with van der Waals surface area (Å²) in [7, 11) is 0. The Kier molecular flexibility index (Phi) is 12.3. The summed E-state index contributed by atoms with van der Waals surface area (Å²) in [4.78, 5) is 4.92. The highest BCUT2D eigenvalue weighted by Gasteiger charge is 2.32. The normalized spacial score (nSPS) is 11.8. The summed E-state index contributed by atoms with van der Waals surface area (Å²) in [5, 5.41) is 9.76. The molecule has 0 unspecified atom stereocenters. The molecule has 0 atom stereocenters. The van der Waals surface area contributed by atoms with Gasteiger partial charge in [0.1, 0.15) is 0 Å². The van der Waals surface area contributed by atoms with Gasteiger partial charge in [0.05, 0.1) is 44.5 Å². The third-order valence-corrected chi connectivity index (χ3v) is 19.5. The van der Waals surface area contributed by atoms with Crippen molar-refractivity contribution in [1.29, 1.82) is 0 Å². The van der Waals surface area contributed by atoms with E-state index in [0.717, 1.165) is 78.5 Å². The Bertz CT molecular complexity index is 5670. The van der Waals surface area contributed by atoms with Gasteiger partial charge in [0.2, 0.25) is 0 Å². The van der Waals surface area contributed by atoms with E-state index in [9.17, 15) is 0 Å². The average molecular weight is 1200 g/mol. The van der Waals surface area contributed by atoms with Gasteiger partial charge in [0.15, 0.2) is 0 Å². The first kappa shape index (κ1) is 53.3. The fourth-order valence-corrected chi connectivity index (χ4v) is 15.5. The number of rotatable bonds is 12. The van der Waals surface area contributed by atoms with Crippen molar-refractivity contribution in [3.8, 4) is 66.8 Å². The van der Waals surface area contributed by atoms with E-state index in [2.05, 4.69) is 370 Å². The van der Waals surface area contributed by atoms with Gasteiger partial charge in [-0.25, -0.2) is 0 Å². The second-order valence-electron chi connectivity index (χ2n) is 24.7. The van der Waals surface area contributed by atoms with Gasteiger partial charge in [0.25, 0.3) is 0 Å².